The second kappa shape index (κ2) is 5.11. The van der Waals surface area contributed by atoms with Crippen molar-refractivity contribution in [3.05, 3.63) is 52.2 Å². The molecule has 1 aliphatic heterocycles. The minimum Gasteiger partial charge on any atom is -0.273 e. The molecule has 0 N–H and O–H groups in total. The fourth-order valence-corrected chi connectivity index (χ4v) is 4.12. The van der Waals surface area contributed by atoms with Gasteiger partial charge in [0, 0.05) is 22.8 Å². The van der Waals surface area contributed by atoms with Crippen LogP contribution in [-0.2, 0) is 11.2 Å². The molecule has 1 unspecified atom stereocenters. The summed E-state index contributed by atoms with van der Waals surface area (Å²) < 4.78 is 0. The lowest BCUT2D eigenvalue weighted by atomic mass is 9.91. The summed E-state index contributed by atoms with van der Waals surface area (Å²) in [6.07, 6.45) is 3.90. The Morgan fingerprint density at radius 3 is 2.90 bits per heavy atom. The SMILES string of the molecule is O=C1CC2CCCc3sccc3C2=NN1c1ccccc1. The maximum atomic E-state index is 12.4. The Morgan fingerprint density at radius 1 is 1.19 bits per heavy atom. The number of hydrogen-bond acceptors (Lipinski definition) is 3. The van der Waals surface area contributed by atoms with Gasteiger partial charge < -0.3 is 0 Å². The van der Waals surface area contributed by atoms with Crippen LogP contribution in [0.5, 0.6) is 0 Å². The van der Waals surface area contributed by atoms with Crippen LogP contribution >= 0.6 is 11.3 Å². The van der Waals surface area contributed by atoms with Crippen molar-refractivity contribution in [1.82, 2.24) is 0 Å². The maximum absolute atomic E-state index is 12.4. The zero-order valence-electron chi connectivity index (χ0n) is 11.7. The summed E-state index contributed by atoms with van der Waals surface area (Å²) in [6.45, 7) is 0. The molecule has 0 bridgehead atoms. The Kier molecular flexibility index (Phi) is 3.11. The van der Waals surface area contributed by atoms with Crippen LogP contribution in [-0.4, -0.2) is 11.6 Å². The van der Waals surface area contributed by atoms with E-state index in [9.17, 15) is 4.79 Å². The molecule has 0 fully saturated rings. The van der Waals surface area contributed by atoms with Crippen molar-refractivity contribution in [2.24, 2.45) is 11.0 Å². The zero-order valence-corrected chi connectivity index (χ0v) is 12.5. The van der Waals surface area contributed by atoms with Crippen molar-refractivity contribution in [3.8, 4) is 0 Å². The van der Waals surface area contributed by atoms with Crippen molar-refractivity contribution < 1.29 is 4.79 Å². The number of thiophene rings is 1. The number of para-hydroxylation sites is 1. The van der Waals surface area contributed by atoms with E-state index in [0.717, 1.165) is 30.7 Å². The highest BCUT2D eigenvalue weighted by molar-refractivity contribution is 7.10. The highest BCUT2D eigenvalue weighted by Crippen LogP contribution is 2.34. The number of amides is 1. The first-order chi connectivity index (χ1) is 10.3. The number of fused-ring (bicyclic) bond motifs is 3. The molecule has 1 atom stereocenters. The number of hydrogen-bond donors (Lipinski definition) is 0. The molecule has 1 aromatic carbocycles. The van der Waals surface area contributed by atoms with Crippen LogP contribution in [0, 0.1) is 5.92 Å². The van der Waals surface area contributed by atoms with Crippen LogP contribution in [0.2, 0.25) is 0 Å². The van der Waals surface area contributed by atoms with Gasteiger partial charge in [-0.05, 0) is 42.8 Å². The summed E-state index contributed by atoms with van der Waals surface area (Å²) in [5, 5.41) is 8.46. The molecule has 4 rings (SSSR count). The molecule has 2 aliphatic rings. The van der Waals surface area contributed by atoms with Crippen LogP contribution < -0.4 is 5.01 Å². The average Bonchev–Trinajstić information content (AvgIpc) is 2.90. The largest absolute Gasteiger partial charge is 0.273 e. The molecule has 3 nitrogen and oxygen atoms in total. The van der Waals surface area contributed by atoms with Gasteiger partial charge in [0.05, 0.1) is 11.4 Å². The van der Waals surface area contributed by atoms with Gasteiger partial charge in [0.2, 0.25) is 5.91 Å². The van der Waals surface area contributed by atoms with E-state index in [1.54, 1.807) is 5.01 Å². The lowest BCUT2D eigenvalue weighted by Gasteiger charge is -2.28. The molecule has 1 aromatic heterocycles. The highest BCUT2D eigenvalue weighted by Gasteiger charge is 2.33. The monoisotopic (exact) mass is 296 g/mol. The van der Waals surface area contributed by atoms with Crippen LogP contribution in [0.3, 0.4) is 0 Å². The molecular formula is C17H16N2OS. The van der Waals surface area contributed by atoms with E-state index in [-0.39, 0.29) is 11.8 Å². The third-order valence-electron chi connectivity index (χ3n) is 4.23. The zero-order chi connectivity index (χ0) is 14.2. The molecule has 0 saturated heterocycles. The lowest BCUT2D eigenvalue weighted by molar-refractivity contribution is -0.119. The predicted octanol–water partition coefficient (Wildman–Crippen LogP) is 3.84. The van der Waals surface area contributed by atoms with Crippen LogP contribution in [0.4, 0.5) is 5.69 Å². The standard InChI is InChI=1S/C17H16N2OS/c20-16-11-12-5-4-8-15-14(9-10-21-15)17(12)18-19(16)13-6-2-1-3-7-13/h1-3,6-7,9-10,12H,4-5,8,11H2. The summed E-state index contributed by atoms with van der Waals surface area (Å²) >= 11 is 1.81. The van der Waals surface area contributed by atoms with Gasteiger partial charge in [-0.1, -0.05) is 18.2 Å². The number of nitrogens with zero attached hydrogens (tertiary/aromatic N) is 2. The normalized spacial score (nSPS) is 21.3. The van der Waals surface area contributed by atoms with E-state index >= 15 is 0 Å². The van der Waals surface area contributed by atoms with Crippen molar-refractivity contribution in [3.63, 3.8) is 0 Å². The van der Waals surface area contributed by atoms with E-state index in [4.69, 9.17) is 5.10 Å². The van der Waals surface area contributed by atoms with E-state index in [0.29, 0.717) is 6.42 Å². The molecule has 1 amide bonds. The molecule has 1 aliphatic carbocycles. The molecule has 21 heavy (non-hydrogen) atoms. The number of hydrazone groups is 1. The maximum Gasteiger partial charge on any atom is 0.248 e. The Bertz CT molecular complexity index is 705. The first kappa shape index (κ1) is 12.8. The van der Waals surface area contributed by atoms with Gasteiger partial charge in [-0.3, -0.25) is 4.79 Å². The Morgan fingerprint density at radius 2 is 2.05 bits per heavy atom. The second-order valence-corrected chi connectivity index (χ2v) is 6.58. The quantitative estimate of drug-likeness (QED) is 0.787. The molecule has 2 heterocycles. The smallest absolute Gasteiger partial charge is 0.248 e. The summed E-state index contributed by atoms with van der Waals surface area (Å²) in [7, 11) is 0. The summed E-state index contributed by atoms with van der Waals surface area (Å²) in [5.74, 6) is 0.391. The van der Waals surface area contributed by atoms with Crippen LogP contribution in [0.1, 0.15) is 29.7 Å². The number of benzene rings is 1. The predicted molar refractivity (Wildman–Crippen MR) is 85.8 cm³/mol. The molecular weight excluding hydrogens is 280 g/mol. The topological polar surface area (TPSA) is 32.7 Å². The average molecular weight is 296 g/mol. The van der Waals surface area contributed by atoms with Gasteiger partial charge in [0.1, 0.15) is 0 Å². The van der Waals surface area contributed by atoms with Gasteiger partial charge in [-0.15, -0.1) is 11.3 Å². The molecule has 4 heteroatoms. The van der Waals surface area contributed by atoms with E-state index in [1.165, 1.54) is 10.4 Å². The summed E-state index contributed by atoms with van der Waals surface area (Å²) in [6, 6.07) is 11.9. The summed E-state index contributed by atoms with van der Waals surface area (Å²) in [5.41, 5.74) is 3.22. The fourth-order valence-electron chi connectivity index (χ4n) is 3.19. The van der Waals surface area contributed by atoms with Crippen LogP contribution in [0.25, 0.3) is 0 Å². The minimum atomic E-state index is 0.105. The van der Waals surface area contributed by atoms with Gasteiger partial charge in [-0.2, -0.15) is 5.10 Å². The first-order valence-electron chi connectivity index (χ1n) is 7.36. The third-order valence-corrected chi connectivity index (χ3v) is 5.21. The molecule has 0 spiro atoms. The first-order valence-corrected chi connectivity index (χ1v) is 8.24. The number of rotatable bonds is 1. The minimum absolute atomic E-state index is 0.105. The molecule has 2 aromatic rings. The molecule has 0 radical (unpaired) electrons. The lowest BCUT2D eigenvalue weighted by Crippen LogP contribution is -2.37. The van der Waals surface area contributed by atoms with Crippen molar-refractivity contribution >= 4 is 28.6 Å². The molecule has 106 valence electrons. The van der Waals surface area contributed by atoms with Gasteiger partial charge in [0.25, 0.3) is 0 Å². The number of carbonyl (C=O) groups is 1. The Labute approximate surface area is 127 Å². The van der Waals surface area contributed by atoms with Crippen molar-refractivity contribution in [1.29, 1.82) is 0 Å². The van der Waals surface area contributed by atoms with Gasteiger partial charge >= 0.3 is 0 Å². The number of anilines is 1. The van der Waals surface area contributed by atoms with E-state index < -0.39 is 0 Å². The van der Waals surface area contributed by atoms with Gasteiger partial charge in [-0.25, -0.2) is 5.01 Å². The fraction of sp³-hybridized carbons (Fsp3) is 0.294. The van der Waals surface area contributed by atoms with E-state index in [1.807, 2.05) is 41.7 Å². The van der Waals surface area contributed by atoms with Gasteiger partial charge in [0.15, 0.2) is 0 Å². The molecule has 0 saturated carbocycles. The second-order valence-electron chi connectivity index (χ2n) is 5.58. The number of carbonyl (C=O) groups excluding carboxylic acids is 1. The highest BCUT2D eigenvalue weighted by atomic mass is 32.1. The van der Waals surface area contributed by atoms with Crippen molar-refractivity contribution in [2.75, 3.05) is 5.01 Å². The Balaban J connectivity index is 1.81. The van der Waals surface area contributed by atoms with Crippen LogP contribution in [0.15, 0.2) is 46.9 Å². The third kappa shape index (κ3) is 2.20. The summed E-state index contributed by atoms with van der Waals surface area (Å²) in [4.78, 5) is 13.8. The Hall–Kier alpha value is -1.94. The van der Waals surface area contributed by atoms with Crippen molar-refractivity contribution in [2.45, 2.75) is 25.7 Å². The number of aryl methyl sites for hydroxylation is 1. The van der Waals surface area contributed by atoms with E-state index in [2.05, 4.69) is 11.4 Å².